The van der Waals surface area contributed by atoms with E-state index in [2.05, 4.69) is 24.1 Å². The first-order valence-corrected chi connectivity index (χ1v) is 12.0. The number of amides is 2. The number of nitrogens with one attached hydrogen (secondary N) is 1. The molecule has 0 spiro atoms. The Labute approximate surface area is 201 Å². The molecular weight excluding hydrogens is 434 g/mol. The predicted octanol–water partition coefficient (Wildman–Crippen LogP) is 3.38. The van der Waals surface area contributed by atoms with Crippen molar-refractivity contribution in [2.75, 3.05) is 19.6 Å². The van der Waals surface area contributed by atoms with E-state index in [9.17, 15) is 19.5 Å². The van der Waals surface area contributed by atoms with Crippen LogP contribution < -0.4 is 5.32 Å². The third-order valence-electron chi connectivity index (χ3n) is 5.50. The zero-order valence-corrected chi connectivity index (χ0v) is 20.5. The number of Topliss-reactive ketones (excluding diaryl/α,β-unsaturated/α-hetero) is 1. The average molecular weight is 472 g/mol. The molecule has 2 atom stereocenters. The summed E-state index contributed by atoms with van der Waals surface area (Å²) in [5.41, 5.74) is 0.987. The SMILES string of the molecule is CCC[C@H](C)/C=C/C(=O)NC/C=C/C(C)=C/[C@@H](O)CC(=O)Cc1nc(C(=O)N2CCCC2)co1. The van der Waals surface area contributed by atoms with Crippen molar-refractivity contribution in [3.63, 3.8) is 0 Å². The van der Waals surface area contributed by atoms with Gasteiger partial charge in [0.15, 0.2) is 5.69 Å². The summed E-state index contributed by atoms with van der Waals surface area (Å²) in [7, 11) is 0. The van der Waals surface area contributed by atoms with Crippen molar-refractivity contribution in [2.24, 2.45) is 5.92 Å². The van der Waals surface area contributed by atoms with Gasteiger partial charge in [-0.1, -0.05) is 50.1 Å². The van der Waals surface area contributed by atoms with E-state index in [1.165, 1.54) is 6.26 Å². The van der Waals surface area contributed by atoms with Gasteiger partial charge in [0.25, 0.3) is 5.91 Å². The van der Waals surface area contributed by atoms with Crippen LogP contribution in [0.2, 0.25) is 0 Å². The smallest absolute Gasteiger partial charge is 0.275 e. The number of rotatable bonds is 13. The molecule has 0 saturated carbocycles. The number of hydrogen-bond acceptors (Lipinski definition) is 6. The van der Waals surface area contributed by atoms with Crippen LogP contribution in [-0.4, -0.2) is 58.3 Å². The molecule has 8 heteroatoms. The maximum atomic E-state index is 12.3. The van der Waals surface area contributed by atoms with Gasteiger partial charge in [-0.15, -0.1) is 0 Å². The summed E-state index contributed by atoms with van der Waals surface area (Å²) in [6.07, 6.45) is 12.9. The summed E-state index contributed by atoms with van der Waals surface area (Å²) in [4.78, 5) is 42.2. The molecule has 0 radical (unpaired) electrons. The molecule has 1 aliphatic rings. The van der Waals surface area contributed by atoms with Crippen molar-refractivity contribution in [3.05, 3.63) is 53.8 Å². The van der Waals surface area contributed by atoms with Gasteiger partial charge < -0.3 is 19.7 Å². The lowest BCUT2D eigenvalue weighted by molar-refractivity contribution is -0.120. The zero-order valence-electron chi connectivity index (χ0n) is 20.5. The quantitative estimate of drug-likeness (QED) is 0.337. The van der Waals surface area contributed by atoms with Gasteiger partial charge in [-0.25, -0.2) is 4.98 Å². The van der Waals surface area contributed by atoms with E-state index in [4.69, 9.17) is 4.42 Å². The Morgan fingerprint density at radius 1 is 1.26 bits per heavy atom. The monoisotopic (exact) mass is 471 g/mol. The number of aliphatic hydroxyl groups is 1. The summed E-state index contributed by atoms with van der Waals surface area (Å²) in [5.74, 6) is -0.00267. The molecule has 1 aliphatic heterocycles. The van der Waals surface area contributed by atoms with Crippen molar-refractivity contribution in [2.45, 2.75) is 65.4 Å². The highest BCUT2D eigenvalue weighted by atomic mass is 16.3. The van der Waals surface area contributed by atoms with Crippen LogP contribution in [0.5, 0.6) is 0 Å². The fraction of sp³-hybridized carbons (Fsp3) is 0.538. The van der Waals surface area contributed by atoms with Crippen molar-refractivity contribution in [1.29, 1.82) is 0 Å². The minimum absolute atomic E-state index is 0.0799. The topological polar surface area (TPSA) is 113 Å². The molecule has 0 unspecified atom stereocenters. The third kappa shape index (κ3) is 9.87. The van der Waals surface area contributed by atoms with E-state index in [0.29, 0.717) is 25.6 Å². The lowest BCUT2D eigenvalue weighted by atomic mass is 10.1. The first kappa shape index (κ1) is 27.2. The number of carbonyl (C=O) groups excluding carboxylic acids is 3. The first-order chi connectivity index (χ1) is 16.3. The molecule has 1 aromatic rings. The number of hydrogen-bond donors (Lipinski definition) is 2. The second kappa shape index (κ2) is 14.3. The predicted molar refractivity (Wildman–Crippen MR) is 130 cm³/mol. The van der Waals surface area contributed by atoms with Crippen molar-refractivity contribution in [1.82, 2.24) is 15.2 Å². The number of ketones is 1. The Morgan fingerprint density at radius 3 is 2.71 bits per heavy atom. The van der Waals surface area contributed by atoms with Gasteiger partial charge in [-0.3, -0.25) is 14.4 Å². The fourth-order valence-corrected chi connectivity index (χ4v) is 3.73. The second-order valence-corrected chi connectivity index (χ2v) is 8.80. The molecule has 2 amide bonds. The van der Waals surface area contributed by atoms with Gasteiger partial charge in [-0.05, 0) is 38.2 Å². The lowest BCUT2D eigenvalue weighted by Crippen LogP contribution is -2.27. The van der Waals surface area contributed by atoms with Crippen LogP contribution in [-0.2, 0) is 16.0 Å². The van der Waals surface area contributed by atoms with Gasteiger partial charge in [-0.2, -0.15) is 0 Å². The molecule has 2 rings (SSSR count). The van der Waals surface area contributed by atoms with E-state index in [1.807, 2.05) is 13.0 Å². The molecule has 0 bridgehead atoms. The van der Waals surface area contributed by atoms with Crippen LogP contribution in [0, 0.1) is 5.92 Å². The summed E-state index contributed by atoms with van der Waals surface area (Å²) in [6.45, 7) is 7.80. The third-order valence-corrected chi connectivity index (χ3v) is 5.50. The van der Waals surface area contributed by atoms with Crippen molar-refractivity contribution >= 4 is 17.6 Å². The summed E-state index contributed by atoms with van der Waals surface area (Å²) < 4.78 is 5.28. The molecule has 0 aliphatic carbocycles. The number of oxazole rings is 1. The zero-order chi connectivity index (χ0) is 24.9. The molecular formula is C26H37N3O5. The Hall–Kier alpha value is -3.00. The summed E-state index contributed by atoms with van der Waals surface area (Å²) in [5, 5.41) is 13.0. The largest absolute Gasteiger partial charge is 0.448 e. The number of aliphatic hydroxyl groups excluding tert-OH is 1. The normalized spacial score (nSPS) is 16.4. The average Bonchev–Trinajstić information content (AvgIpc) is 3.47. The highest BCUT2D eigenvalue weighted by Gasteiger charge is 2.23. The highest BCUT2D eigenvalue weighted by Crippen LogP contribution is 2.14. The van der Waals surface area contributed by atoms with Crippen LogP contribution in [0.1, 0.15) is 69.3 Å². The van der Waals surface area contributed by atoms with Gasteiger partial charge >= 0.3 is 0 Å². The molecule has 186 valence electrons. The molecule has 1 fully saturated rings. The number of carbonyl (C=O) groups is 3. The van der Waals surface area contributed by atoms with Gasteiger partial charge in [0.1, 0.15) is 12.0 Å². The van der Waals surface area contributed by atoms with Gasteiger partial charge in [0.05, 0.1) is 12.5 Å². The van der Waals surface area contributed by atoms with E-state index in [1.54, 1.807) is 29.2 Å². The molecule has 2 N–H and O–H groups in total. The fourth-order valence-electron chi connectivity index (χ4n) is 3.73. The standard InChI is InChI=1S/C26H37N3O5/c1-4-8-19(2)10-11-24(32)27-12-7-9-20(3)15-21(30)16-22(31)17-25-28-23(18-34-25)26(33)29-13-5-6-14-29/h7,9-11,15,18-19,21,30H,4-6,8,12-14,16-17H2,1-3H3,(H,27,32)/b9-7+,11-10+,20-15+/t19-,21+/m0/s1. The Bertz CT molecular complexity index is 909. The lowest BCUT2D eigenvalue weighted by Gasteiger charge is -2.12. The minimum atomic E-state index is -0.949. The molecule has 8 nitrogen and oxygen atoms in total. The number of nitrogens with zero attached hydrogens (tertiary/aromatic N) is 2. The minimum Gasteiger partial charge on any atom is -0.448 e. The highest BCUT2D eigenvalue weighted by molar-refractivity contribution is 5.92. The first-order valence-electron chi connectivity index (χ1n) is 12.0. The van der Waals surface area contributed by atoms with Gasteiger partial charge in [0.2, 0.25) is 11.8 Å². The molecule has 2 heterocycles. The van der Waals surface area contributed by atoms with Crippen LogP contribution in [0.3, 0.4) is 0 Å². The van der Waals surface area contributed by atoms with E-state index < -0.39 is 6.10 Å². The van der Waals surface area contributed by atoms with E-state index in [-0.39, 0.29) is 42.0 Å². The van der Waals surface area contributed by atoms with E-state index >= 15 is 0 Å². The van der Waals surface area contributed by atoms with Gasteiger partial charge in [0, 0.05) is 26.1 Å². The van der Waals surface area contributed by atoms with Crippen LogP contribution in [0.25, 0.3) is 0 Å². The number of allylic oxidation sites excluding steroid dienone is 3. The van der Waals surface area contributed by atoms with Crippen LogP contribution in [0.15, 0.2) is 46.6 Å². The number of aromatic nitrogens is 1. The molecule has 34 heavy (non-hydrogen) atoms. The Balaban J connectivity index is 1.72. The second-order valence-electron chi connectivity index (χ2n) is 8.80. The Morgan fingerprint density at radius 2 is 2.00 bits per heavy atom. The van der Waals surface area contributed by atoms with Crippen molar-refractivity contribution < 1.29 is 23.9 Å². The number of likely N-dealkylation sites (tertiary alicyclic amines) is 1. The maximum absolute atomic E-state index is 12.3. The Kier molecular flexibility index (Phi) is 11.5. The summed E-state index contributed by atoms with van der Waals surface area (Å²) >= 11 is 0. The van der Waals surface area contributed by atoms with Crippen LogP contribution >= 0.6 is 0 Å². The van der Waals surface area contributed by atoms with Crippen molar-refractivity contribution in [3.8, 4) is 0 Å². The molecule has 1 aromatic heterocycles. The maximum Gasteiger partial charge on any atom is 0.275 e. The van der Waals surface area contributed by atoms with E-state index in [0.717, 1.165) is 31.3 Å². The van der Waals surface area contributed by atoms with Crippen LogP contribution in [0.4, 0.5) is 0 Å². The molecule has 1 saturated heterocycles. The molecule has 0 aromatic carbocycles. The summed E-state index contributed by atoms with van der Waals surface area (Å²) in [6, 6.07) is 0.